The molecule has 3 aromatic carbocycles. The Kier molecular flexibility index (Phi) is 7.67. The van der Waals surface area contributed by atoms with Crippen LogP contribution in [0.15, 0.2) is 83.8 Å². The summed E-state index contributed by atoms with van der Waals surface area (Å²) in [4.78, 5) is 54.3. The van der Waals surface area contributed by atoms with E-state index in [0.717, 1.165) is 5.56 Å². The van der Waals surface area contributed by atoms with Gasteiger partial charge in [-0.3, -0.25) is 19.2 Å². The van der Waals surface area contributed by atoms with Gasteiger partial charge >= 0.3 is 0 Å². The summed E-state index contributed by atoms with van der Waals surface area (Å²) in [5.41, 5.74) is 1.96. The van der Waals surface area contributed by atoms with Crippen molar-refractivity contribution in [2.45, 2.75) is 35.1 Å². The van der Waals surface area contributed by atoms with Crippen molar-refractivity contribution in [2.24, 2.45) is 0 Å². The minimum absolute atomic E-state index is 0.201. The van der Waals surface area contributed by atoms with E-state index in [0.29, 0.717) is 27.7 Å². The molecule has 8 nitrogen and oxygen atoms in total. The molecule has 0 spiro atoms. The predicted octanol–water partition coefficient (Wildman–Crippen LogP) is 3.92. The van der Waals surface area contributed by atoms with Gasteiger partial charge in [0.15, 0.2) is 0 Å². The summed E-state index contributed by atoms with van der Waals surface area (Å²) < 4.78 is 0. The lowest BCUT2D eigenvalue weighted by molar-refractivity contribution is -0.129. The number of para-hydroxylation sites is 1. The molecule has 3 N–H and O–H groups in total. The molecule has 194 valence electrons. The third-order valence-corrected chi connectivity index (χ3v) is 8.01. The van der Waals surface area contributed by atoms with Gasteiger partial charge in [0.2, 0.25) is 17.7 Å². The van der Waals surface area contributed by atoms with Gasteiger partial charge in [-0.05, 0) is 42.3 Å². The number of nitrogens with zero attached hydrogens (tertiary/aromatic N) is 1. The van der Waals surface area contributed by atoms with Crippen LogP contribution in [0.25, 0.3) is 0 Å². The molecule has 1 fully saturated rings. The highest BCUT2D eigenvalue weighted by Crippen LogP contribution is 2.46. The zero-order valence-corrected chi connectivity index (χ0v) is 21.8. The van der Waals surface area contributed by atoms with E-state index < -0.39 is 29.1 Å². The Labute approximate surface area is 229 Å². The van der Waals surface area contributed by atoms with Crippen LogP contribution in [0.5, 0.6) is 0 Å². The smallest absolute Gasteiger partial charge is 0.251 e. The monoisotopic (exact) mass is 548 g/mol. The van der Waals surface area contributed by atoms with Crippen molar-refractivity contribution in [3.63, 3.8) is 0 Å². The highest BCUT2D eigenvalue weighted by molar-refractivity contribution is 7.99. The second kappa shape index (κ2) is 11.3. The molecular weight excluding hydrogens is 524 g/mol. The fraction of sp³-hybridized carbons (Fsp3) is 0.214. The van der Waals surface area contributed by atoms with Crippen LogP contribution in [0.2, 0.25) is 5.02 Å². The number of amides is 4. The van der Waals surface area contributed by atoms with Gasteiger partial charge in [-0.15, -0.1) is 11.8 Å². The van der Waals surface area contributed by atoms with Crippen LogP contribution in [0.1, 0.15) is 23.7 Å². The van der Waals surface area contributed by atoms with Gasteiger partial charge in [-0.1, -0.05) is 60.1 Å². The number of anilines is 2. The molecule has 5 rings (SSSR count). The van der Waals surface area contributed by atoms with Crippen molar-refractivity contribution >= 4 is 58.4 Å². The van der Waals surface area contributed by atoms with Gasteiger partial charge in [0.25, 0.3) is 5.91 Å². The van der Waals surface area contributed by atoms with E-state index in [1.807, 2.05) is 36.4 Å². The molecule has 0 aliphatic carbocycles. The predicted molar refractivity (Wildman–Crippen MR) is 147 cm³/mol. The van der Waals surface area contributed by atoms with Crippen LogP contribution < -0.4 is 20.9 Å². The first kappa shape index (κ1) is 25.8. The van der Waals surface area contributed by atoms with E-state index >= 15 is 0 Å². The Balaban J connectivity index is 1.51. The first-order valence-corrected chi connectivity index (χ1v) is 13.4. The Bertz CT molecular complexity index is 1370. The number of hydrogen-bond donors (Lipinski definition) is 3. The molecule has 38 heavy (non-hydrogen) atoms. The van der Waals surface area contributed by atoms with E-state index in [4.69, 9.17) is 11.6 Å². The van der Waals surface area contributed by atoms with Crippen molar-refractivity contribution < 1.29 is 19.2 Å². The average molecular weight is 549 g/mol. The number of halogens is 1. The number of nitrogens with one attached hydrogen (secondary N) is 3. The molecular formula is C28H25ClN4O4S. The van der Waals surface area contributed by atoms with Crippen LogP contribution in [-0.2, 0) is 19.2 Å². The Morgan fingerprint density at radius 3 is 2.39 bits per heavy atom. The molecule has 0 bridgehead atoms. The molecule has 2 aliphatic heterocycles. The van der Waals surface area contributed by atoms with Gasteiger partial charge in [-0.2, -0.15) is 0 Å². The Morgan fingerprint density at radius 2 is 1.71 bits per heavy atom. The van der Waals surface area contributed by atoms with E-state index in [-0.39, 0.29) is 24.8 Å². The van der Waals surface area contributed by atoms with E-state index in [9.17, 15) is 19.2 Å². The van der Waals surface area contributed by atoms with Crippen molar-refractivity contribution in [3.05, 3.63) is 89.4 Å². The molecule has 10 heteroatoms. The molecule has 0 unspecified atom stereocenters. The number of rotatable bonds is 6. The first-order valence-electron chi connectivity index (χ1n) is 12.2. The lowest BCUT2D eigenvalue weighted by Crippen LogP contribution is -2.55. The molecule has 2 aliphatic rings. The number of carbonyl (C=O) groups excluding carboxylic acids is 4. The summed E-state index contributed by atoms with van der Waals surface area (Å²) in [6.07, 6.45) is 0.608. The SMILES string of the molecule is O=C(CN1C(=O)[C@H](NC(=O)[C@@H]2CCC(=O)N2)[C@H](c2ccccc2)Sc2cc(Cl)ccc21)Nc1ccccc1. The molecule has 0 aromatic heterocycles. The molecule has 3 aromatic rings. The highest BCUT2D eigenvalue weighted by Gasteiger charge is 2.41. The maximum absolute atomic E-state index is 14.2. The summed E-state index contributed by atoms with van der Waals surface area (Å²) >= 11 is 7.73. The number of carbonyl (C=O) groups is 4. The zero-order chi connectivity index (χ0) is 26.6. The average Bonchev–Trinajstić information content (AvgIpc) is 3.32. The van der Waals surface area contributed by atoms with Crippen molar-refractivity contribution in [1.29, 1.82) is 0 Å². The van der Waals surface area contributed by atoms with Crippen LogP contribution in [0.3, 0.4) is 0 Å². The second-order valence-corrected chi connectivity index (χ2v) is 10.7. The number of thioether (sulfide) groups is 1. The maximum Gasteiger partial charge on any atom is 0.251 e. The van der Waals surface area contributed by atoms with Crippen molar-refractivity contribution in [2.75, 3.05) is 16.8 Å². The number of benzene rings is 3. The van der Waals surface area contributed by atoms with E-state index in [1.54, 1.807) is 42.5 Å². The topological polar surface area (TPSA) is 108 Å². The van der Waals surface area contributed by atoms with Crippen LogP contribution in [0.4, 0.5) is 11.4 Å². The lowest BCUT2D eigenvalue weighted by Gasteiger charge is -2.29. The van der Waals surface area contributed by atoms with Gasteiger partial charge in [0.1, 0.15) is 18.6 Å². The van der Waals surface area contributed by atoms with Gasteiger partial charge in [-0.25, -0.2) is 0 Å². The van der Waals surface area contributed by atoms with Crippen LogP contribution in [0, 0.1) is 0 Å². The minimum Gasteiger partial charge on any atom is -0.344 e. The van der Waals surface area contributed by atoms with Gasteiger partial charge < -0.3 is 20.9 Å². The summed E-state index contributed by atoms with van der Waals surface area (Å²) in [6, 6.07) is 21.8. The fourth-order valence-corrected chi connectivity index (χ4v) is 6.18. The number of fused-ring (bicyclic) bond motifs is 1. The van der Waals surface area contributed by atoms with Crippen molar-refractivity contribution in [1.82, 2.24) is 10.6 Å². The van der Waals surface area contributed by atoms with Gasteiger partial charge in [0.05, 0.1) is 10.9 Å². The fourth-order valence-electron chi connectivity index (χ4n) is 4.56. The molecule has 4 amide bonds. The largest absolute Gasteiger partial charge is 0.344 e. The molecule has 2 heterocycles. The van der Waals surface area contributed by atoms with E-state index in [2.05, 4.69) is 16.0 Å². The summed E-state index contributed by atoms with van der Waals surface area (Å²) in [5, 5.41) is 8.35. The standard InChI is InChI=1S/C28H25ClN4O4S/c29-18-11-13-21-22(15-18)38-26(17-7-3-1-4-8-17)25(32-27(36)20-12-14-23(34)31-20)28(37)33(21)16-24(35)30-19-9-5-2-6-10-19/h1-11,13,15,20,25-26H,12,14,16H2,(H,30,35)(H,31,34)(H,32,36)/t20-,25+,26-/m0/s1. The van der Waals surface area contributed by atoms with Gasteiger partial charge in [0, 0.05) is 22.0 Å². The number of hydrogen-bond acceptors (Lipinski definition) is 5. The third kappa shape index (κ3) is 5.69. The molecule has 1 saturated heterocycles. The molecule has 0 radical (unpaired) electrons. The summed E-state index contributed by atoms with van der Waals surface area (Å²) in [7, 11) is 0. The zero-order valence-electron chi connectivity index (χ0n) is 20.2. The lowest BCUT2D eigenvalue weighted by atomic mass is 10.0. The Hall–Kier alpha value is -3.82. The first-order chi connectivity index (χ1) is 18.4. The highest BCUT2D eigenvalue weighted by atomic mass is 35.5. The maximum atomic E-state index is 14.2. The van der Waals surface area contributed by atoms with E-state index in [1.165, 1.54) is 16.7 Å². The van der Waals surface area contributed by atoms with Crippen LogP contribution in [-0.4, -0.2) is 42.3 Å². The third-order valence-electron chi connectivity index (χ3n) is 6.40. The summed E-state index contributed by atoms with van der Waals surface area (Å²) in [5.74, 6) is -1.46. The Morgan fingerprint density at radius 1 is 1.00 bits per heavy atom. The van der Waals surface area contributed by atoms with Crippen LogP contribution >= 0.6 is 23.4 Å². The minimum atomic E-state index is -1.01. The quantitative estimate of drug-likeness (QED) is 0.433. The molecule has 0 saturated carbocycles. The molecule has 3 atom stereocenters. The summed E-state index contributed by atoms with van der Waals surface area (Å²) in [6.45, 7) is -0.267. The van der Waals surface area contributed by atoms with Crippen molar-refractivity contribution in [3.8, 4) is 0 Å². The second-order valence-electron chi connectivity index (χ2n) is 9.04. The normalized spacial score (nSPS) is 20.8.